The van der Waals surface area contributed by atoms with Crippen LogP contribution in [0.5, 0.6) is 11.5 Å². The molecular formula is C30H27FN2O4. The van der Waals surface area contributed by atoms with Gasteiger partial charge >= 0.3 is 0 Å². The third-order valence-corrected chi connectivity index (χ3v) is 5.88. The third-order valence-electron chi connectivity index (χ3n) is 5.88. The summed E-state index contributed by atoms with van der Waals surface area (Å²) < 4.78 is 25.1. The Hall–Kier alpha value is -4.65. The molecule has 0 aliphatic carbocycles. The molecule has 0 aliphatic heterocycles. The molecule has 0 unspecified atom stereocenters. The lowest BCUT2D eigenvalue weighted by Crippen LogP contribution is -2.24. The van der Waals surface area contributed by atoms with E-state index in [9.17, 15) is 14.0 Å². The Morgan fingerprint density at radius 3 is 1.89 bits per heavy atom. The number of amides is 2. The Labute approximate surface area is 215 Å². The van der Waals surface area contributed by atoms with Gasteiger partial charge in [-0.25, -0.2) is 4.39 Å². The summed E-state index contributed by atoms with van der Waals surface area (Å²) in [6.45, 7) is 0.178. The largest absolute Gasteiger partial charge is 0.497 e. The molecule has 37 heavy (non-hydrogen) atoms. The zero-order valence-electron chi connectivity index (χ0n) is 20.6. The highest BCUT2D eigenvalue weighted by atomic mass is 19.1. The minimum atomic E-state index is -0.470. The molecule has 2 amide bonds. The second kappa shape index (κ2) is 11.9. The van der Waals surface area contributed by atoms with E-state index >= 15 is 0 Å². The maximum absolute atomic E-state index is 14.7. The molecule has 0 aromatic heterocycles. The number of methoxy groups -OCH3 is 2. The number of hydrogen-bond donors (Lipinski definition) is 2. The first-order valence-corrected chi connectivity index (χ1v) is 11.7. The second-order valence-electron chi connectivity index (χ2n) is 8.34. The third kappa shape index (κ3) is 6.52. The van der Waals surface area contributed by atoms with Crippen LogP contribution in [0.25, 0.3) is 11.1 Å². The van der Waals surface area contributed by atoms with Crippen LogP contribution in [0.4, 0.5) is 4.39 Å². The van der Waals surface area contributed by atoms with Gasteiger partial charge in [-0.15, -0.1) is 0 Å². The fourth-order valence-electron chi connectivity index (χ4n) is 3.79. The van der Waals surface area contributed by atoms with Gasteiger partial charge in [0.05, 0.1) is 14.2 Å². The van der Waals surface area contributed by atoms with Crippen LogP contribution in [0.1, 0.15) is 31.8 Å². The van der Waals surface area contributed by atoms with Crippen molar-refractivity contribution in [3.63, 3.8) is 0 Å². The van der Waals surface area contributed by atoms with E-state index in [1.54, 1.807) is 42.5 Å². The van der Waals surface area contributed by atoms with E-state index in [2.05, 4.69) is 10.6 Å². The number of ether oxygens (including phenoxy) is 2. The molecule has 0 heterocycles. The molecule has 0 saturated carbocycles. The van der Waals surface area contributed by atoms with Crippen molar-refractivity contribution in [1.29, 1.82) is 0 Å². The minimum Gasteiger partial charge on any atom is -0.497 e. The highest BCUT2D eigenvalue weighted by Gasteiger charge is 2.12. The van der Waals surface area contributed by atoms with Crippen molar-refractivity contribution in [3.05, 3.63) is 119 Å². The molecule has 188 valence electrons. The molecular weight excluding hydrogens is 471 g/mol. The van der Waals surface area contributed by atoms with Gasteiger partial charge in [-0.05, 0) is 47.0 Å². The number of carbonyl (C=O) groups is 2. The summed E-state index contributed by atoms with van der Waals surface area (Å²) in [5.41, 5.74) is 3.90. The van der Waals surface area contributed by atoms with E-state index in [0.29, 0.717) is 33.8 Å². The summed E-state index contributed by atoms with van der Waals surface area (Å²) in [7, 11) is 2.99. The second-order valence-corrected chi connectivity index (χ2v) is 8.34. The molecule has 0 atom stereocenters. The van der Waals surface area contributed by atoms with Gasteiger partial charge in [0, 0.05) is 35.8 Å². The first-order valence-electron chi connectivity index (χ1n) is 11.7. The van der Waals surface area contributed by atoms with Gasteiger partial charge in [-0.3, -0.25) is 9.59 Å². The molecule has 0 spiro atoms. The fraction of sp³-hybridized carbons (Fsp3) is 0.133. The molecule has 0 radical (unpaired) electrons. The molecule has 6 nitrogen and oxygen atoms in total. The zero-order chi connectivity index (χ0) is 26.2. The lowest BCUT2D eigenvalue weighted by molar-refractivity contribution is 0.0942. The predicted molar refractivity (Wildman–Crippen MR) is 140 cm³/mol. The highest BCUT2D eigenvalue weighted by Crippen LogP contribution is 2.23. The molecule has 0 bridgehead atoms. The monoisotopic (exact) mass is 498 g/mol. The predicted octanol–water partition coefficient (Wildman–Crippen LogP) is 5.37. The fourth-order valence-corrected chi connectivity index (χ4v) is 3.79. The van der Waals surface area contributed by atoms with Crippen LogP contribution >= 0.6 is 0 Å². The van der Waals surface area contributed by atoms with Crippen molar-refractivity contribution in [3.8, 4) is 22.6 Å². The normalized spacial score (nSPS) is 10.5. The van der Waals surface area contributed by atoms with Crippen LogP contribution in [0, 0.1) is 5.82 Å². The van der Waals surface area contributed by atoms with E-state index in [0.717, 1.165) is 11.1 Å². The van der Waals surface area contributed by atoms with Gasteiger partial charge in [0.1, 0.15) is 17.3 Å². The van der Waals surface area contributed by atoms with E-state index in [-0.39, 0.29) is 24.9 Å². The van der Waals surface area contributed by atoms with Crippen molar-refractivity contribution >= 4 is 11.8 Å². The van der Waals surface area contributed by atoms with Gasteiger partial charge in [0.2, 0.25) is 0 Å². The number of rotatable bonds is 9. The Morgan fingerprint density at radius 1 is 0.676 bits per heavy atom. The van der Waals surface area contributed by atoms with Crippen LogP contribution in [0.2, 0.25) is 0 Å². The summed E-state index contributed by atoms with van der Waals surface area (Å²) in [6.07, 6.45) is 0. The number of nitrogens with one attached hydrogen (secondary N) is 2. The molecule has 7 heteroatoms. The molecule has 0 aliphatic rings. The molecule has 0 fully saturated rings. The summed E-state index contributed by atoms with van der Waals surface area (Å²) in [5.74, 6) is -0.137. The molecule has 4 rings (SSSR count). The highest BCUT2D eigenvalue weighted by molar-refractivity contribution is 5.95. The number of carbonyl (C=O) groups excluding carboxylic acids is 2. The van der Waals surface area contributed by atoms with Crippen molar-refractivity contribution in [2.24, 2.45) is 0 Å². The number of halogens is 1. The average Bonchev–Trinajstić information content (AvgIpc) is 2.95. The topological polar surface area (TPSA) is 76.7 Å². The van der Waals surface area contributed by atoms with Gasteiger partial charge < -0.3 is 20.1 Å². The van der Waals surface area contributed by atoms with E-state index in [4.69, 9.17) is 9.47 Å². The zero-order valence-corrected chi connectivity index (χ0v) is 20.6. The van der Waals surface area contributed by atoms with Crippen molar-refractivity contribution in [1.82, 2.24) is 10.6 Å². The van der Waals surface area contributed by atoms with Gasteiger partial charge in [0.25, 0.3) is 11.8 Å². The Balaban J connectivity index is 1.32. The minimum absolute atomic E-state index is 0.00456. The molecule has 4 aromatic rings. The van der Waals surface area contributed by atoms with Crippen molar-refractivity contribution < 1.29 is 23.5 Å². The Bertz CT molecular complexity index is 1370. The van der Waals surface area contributed by atoms with E-state index < -0.39 is 5.82 Å². The first kappa shape index (κ1) is 25.4. The van der Waals surface area contributed by atoms with Crippen molar-refractivity contribution in [2.75, 3.05) is 14.2 Å². The van der Waals surface area contributed by atoms with Gasteiger partial charge in [0.15, 0.2) is 0 Å². The lowest BCUT2D eigenvalue weighted by atomic mass is 10.0. The molecule has 4 aromatic carbocycles. The first-order chi connectivity index (χ1) is 18.0. The summed E-state index contributed by atoms with van der Waals surface area (Å²) in [6, 6.07) is 26.7. The van der Waals surface area contributed by atoms with Crippen LogP contribution in [-0.4, -0.2) is 26.0 Å². The number of benzene rings is 4. The standard InChI is InChI=1S/C30H27FN2O4/c1-36-26-15-25(16-27(17-26)37-2)30(35)33-19-24-9-8-20(14-28(24)31)18-32-29(34)23-12-10-22(11-13-23)21-6-4-3-5-7-21/h3-17H,18-19H2,1-2H3,(H,32,34)(H,33,35). The van der Waals surface area contributed by atoms with Crippen LogP contribution in [-0.2, 0) is 13.1 Å². The Morgan fingerprint density at radius 2 is 1.27 bits per heavy atom. The average molecular weight is 499 g/mol. The van der Waals surface area contributed by atoms with Gasteiger partial charge in [-0.2, -0.15) is 0 Å². The summed E-state index contributed by atoms with van der Waals surface area (Å²) in [4.78, 5) is 25.1. The molecule has 0 saturated heterocycles. The van der Waals surface area contributed by atoms with Crippen LogP contribution in [0.3, 0.4) is 0 Å². The maximum Gasteiger partial charge on any atom is 0.251 e. The number of hydrogen-bond acceptors (Lipinski definition) is 4. The Kier molecular flexibility index (Phi) is 8.15. The van der Waals surface area contributed by atoms with Crippen LogP contribution in [0.15, 0.2) is 91.0 Å². The summed E-state index contributed by atoms with van der Waals surface area (Å²) >= 11 is 0. The SMILES string of the molecule is COc1cc(OC)cc(C(=O)NCc2ccc(CNC(=O)c3ccc(-c4ccccc4)cc3)cc2F)c1. The quantitative estimate of drug-likeness (QED) is 0.325. The van der Waals surface area contributed by atoms with E-state index in [1.165, 1.54) is 20.3 Å². The lowest BCUT2D eigenvalue weighted by Gasteiger charge is -2.11. The van der Waals surface area contributed by atoms with Crippen molar-refractivity contribution in [2.45, 2.75) is 13.1 Å². The molecule has 2 N–H and O–H groups in total. The smallest absolute Gasteiger partial charge is 0.251 e. The summed E-state index contributed by atoms with van der Waals surface area (Å²) in [5, 5.41) is 5.52. The maximum atomic E-state index is 14.7. The van der Waals surface area contributed by atoms with E-state index in [1.807, 2.05) is 42.5 Å². The van der Waals surface area contributed by atoms with Gasteiger partial charge in [-0.1, -0.05) is 54.6 Å². The van der Waals surface area contributed by atoms with Crippen LogP contribution < -0.4 is 20.1 Å².